The van der Waals surface area contributed by atoms with E-state index in [0.717, 1.165) is 0 Å². The highest BCUT2D eigenvalue weighted by Crippen LogP contribution is 2.24. The van der Waals surface area contributed by atoms with Gasteiger partial charge in [-0.25, -0.2) is 0 Å². The van der Waals surface area contributed by atoms with Crippen molar-refractivity contribution in [3.8, 4) is 0 Å². The lowest BCUT2D eigenvalue weighted by Crippen LogP contribution is -2.31. The van der Waals surface area contributed by atoms with Gasteiger partial charge in [0.1, 0.15) is 11.8 Å². The molecule has 2 rings (SSSR count). The minimum atomic E-state index is -0.673. The van der Waals surface area contributed by atoms with Crippen LogP contribution in [0.5, 0.6) is 0 Å². The fraction of sp³-hybridized carbons (Fsp3) is 0.182. The third kappa shape index (κ3) is 1.59. The molecule has 0 radical (unpaired) electrons. The number of aliphatic hydroxyl groups excluding tert-OH is 2. The molecule has 0 bridgehead atoms. The second-order valence-corrected chi connectivity index (χ2v) is 3.33. The minimum absolute atomic E-state index is 0.0892. The van der Waals surface area contributed by atoms with Crippen LogP contribution in [0.2, 0.25) is 0 Å². The summed E-state index contributed by atoms with van der Waals surface area (Å²) in [5.74, 6) is -0.438. The Labute approximate surface area is 86.9 Å². The van der Waals surface area contributed by atoms with E-state index in [4.69, 9.17) is 5.11 Å². The van der Waals surface area contributed by atoms with E-state index in [2.05, 4.69) is 5.32 Å². The summed E-state index contributed by atoms with van der Waals surface area (Å²) in [5.41, 5.74) is 0.901. The molecular weight excluding hydrogens is 194 g/mol. The number of aliphatic hydroxyl groups is 2. The topological polar surface area (TPSA) is 69.6 Å². The summed E-state index contributed by atoms with van der Waals surface area (Å²) in [6.07, 6.45) is 0. The first kappa shape index (κ1) is 9.73. The molecule has 1 aromatic carbocycles. The molecule has 1 amide bonds. The van der Waals surface area contributed by atoms with Crippen LogP contribution in [-0.4, -0.2) is 28.8 Å². The molecule has 1 atom stereocenters. The van der Waals surface area contributed by atoms with Crippen LogP contribution in [0.3, 0.4) is 0 Å². The number of carbonyl (C=O) groups excluding carboxylic acids is 1. The standard InChI is InChI=1S/C11H11NO3/c13-6-8-10(14)9(11(15)12-8)7-4-2-1-3-5-7/h1-5,8,13-14H,6H2,(H,12,15). The van der Waals surface area contributed by atoms with Gasteiger partial charge < -0.3 is 15.5 Å². The summed E-state index contributed by atoms with van der Waals surface area (Å²) >= 11 is 0. The van der Waals surface area contributed by atoms with Gasteiger partial charge in [0.15, 0.2) is 0 Å². The molecule has 0 saturated heterocycles. The number of amides is 1. The maximum Gasteiger partial charge on any atom is 0.256 e. The summed E-state index contributed by atoms with van der Waals surface area (Å²) in [7, 11) is 0. The highest BCUT2D eigenvalue weighted by molar-refractivity contribution is 6.22. The fourth-order valence-electron chi connectivity index (χ4n) is 1.61. The van der Waals surface area contributed by atoms with E-state index in [-0.39, 0.29) is 23.8 Å². The highest BCUT2D eigenvalue weighted by Gasteiger charge is 2.31. The molecule has 0 saturated carbocycles. The molecule has 0 spiro atoms. The quantitative estimate of drug-likeness (QED) is 0.656. The number of benzene rings is 1. The Kier molecular flexibility index (Phi) is 2.43. The van der Waals surface area contributed by atoms with E-state index >= 15 is 0 Å². The molecule has 3 N–H and O–H groups in total. The van der Waals surface area contributed by atoms with Crippen molar-refractivity contribution in [3.05, 3.63) is 41.7 Å². The van der Waals surface area contributed by atoms with Gasteiger partial charge >= 0.3 is 0 Å². The number of rotatable bonds is 2. The minimum Gasteiger partial charge on any atom is -0.509 e. The average Bonchev–Trinajstić information content (AvgIpc) is 2.55. The van der Waals surface area contributed by atoms with Gasteiger partial charge in [-0.05, 0) is 5.56 Å². The lowest BCUT2D eigenvalue weighted by atomic mass is 10.1. The van der Waals surface area contributed by atoms with Crippen molar-refractivity contribution in [3.63, 3.8) is 0 Å². The van der Waals surface area contributed by atoms with Crippen molar-refractivity contribution in [1.82, 2.24) is 5.32 Å². The molecule has 1 heterocycles. The van der Waals surface area contributed by atoms with Gasteiger partial charge in [0.05, 0.1) is 12.2 Å². The van der Waals surface area contributed by atoms with Crippen LogP contribution in [0.4, 0.5) is 0 Å². The smallest absolute Gasteiger partial charge is 0.256 e. The third-order valence-corrected chi connectivity index (χ3v) is 2.36. The van der Waals surface area contributed by atoms with Gasteiger partial charge in [0.2, 0.25) is 0 Å². The molecule has 4 nitrogen and oxygen atoms in total. The third-order valence-electron chi connectivity index (χ3n) is 2.36. The van der Waals surface area contributed by atoms with E-state index in [1.54, 1.807) is 24.3 Å². The van der Waals surface area contributed by atoms with Crippen LogP contribution in [0, 0.1) is 0 Å². The largest absolute Gasteiger partial charge is 0.509 e. The number of nitrogens with one attached hydrogen (secondary N) is 1. The zero-order chi connectivity index (χ0) is 10.8. The van der Waals surface area contributed by atoms with Crippen LogP contribution in [-0.2, 0) is 4.79 Å². The second kappa shape index (κ2) is 3.74. The van der Waals surface area contributed by atoms with Crippen LogP contribution < -0.4 is 5.32 Å². The molecule has 1 aliphatic rings. The van der Waals surface area contributed by atoms with Crippen molar-refractivity contribution in [2.45, 2.75) is 6.04 Å². The zero-order valence-corrected chi connectivity index (χ0v) is 7.97. The molecule has 1 aromatic rings. The molecule has 78 valence electrons. The Hall–Kier alpha value is -1.81. The van der Waals surface area contributed by atoms with E-state index in [1.165, 1.54) is 0 Å². The first-order chi connectivity index (χ1) is 7.24. The Morgan fingerprint density at radius 1 is 1.27 bits per heavy atom. The van der Waals surface area contributed by atoms with Crippen LogP contribution >= 0.6 is 0 Å². The maximum absolute atomic E-state index is 11.5. The van der Waals surface area contributed by atoms with Crippen LogP contribution in [0.15, 0.2) is 36.1 Å². The van der Waals surface area contributed by atoms with Crippen molar-refractivity contribution >= 4 is 11.5 Å². The Morgan fingerprint density at radius 2 is 1.93 bits per heavy atom. The summed E-state index contributed by atoms with van der Waals surface area (Å²) in [4.78, 5) is 11.5. The zero-order valence-electron chi connectivity index (χ0n) is 7.97. The van der Waals surface area contributed by atoms with E-state index in [1.807, 2.05) is 6.07 Å². The van der Waals surface area contributed by atoms with Gasteiger partial charge in [-0.1, -0.05) is 30.3 Å². The van der Waals surface area contributed by atoms with Gasteiger partial charge in [-0.3, -0.25) is 4.79 Å². The van der Waals surface area contributed by atoms with E-state index in [9.17, 15) is 9.90 Å². The number of hydrogen-bond donors (Lipinski definition) is 3. The molecule has 0 aromatic heterocycles. The van der Waals surface area contributed by atoms with Crippen molar-refractivity contribution in [2.75, 3.05) is 6.61 Å². The monoisotopic (exact) mass is 205 g/mol. The Bertz CT molecular complexity index is 411. The van der Waals surface area contributed by atoms with Crippen LogP contribution in [0.25, 0.3) is 5.57 Å². The van der Waals surface area contributed by atoms with Gasteiger partial charge in [-0.2, -0.15) is 0 Å². The molecule has 15 heavy (non-hydrogen) atoms. The number of hydrogen-bond acceptors (Lipinski definition) is 3. The Balaban J connectivity index is 2.44. The first-order valence-electron chi connectivity index (χ1n) is 4.64. The molecule has 4 heteroatoms. The Morgan fingerprint density at radius 3 is 2.47 bits per heavy atom. The average molecular weight is 205 g/mol. The van der Waals surface area contributed by atoms with Crippen molar-refractivity contribution in [1.29, 1.82) is 0 Å². The molecular formula is C11H11NO3. The van der Waals surface area contributed by atoms with Crippen LogP contribution in [0.1, 0.15) is 5.56 Å². The first-order valence-corrected chi connectivity index (χ1v) is 4.64. The van der Waals surface area contributed by atoms with E-state index in [0.29, 0.717) is 5.56 Å². The lowest BCUT2D eigenvalue weighted by molar-refractivity contribution is -0.115. The van der Waals surface area contributed by atoms with Crippen molar-refractivity contribution in [2.24, 2.45) is 0 Å². The van der Waals surface area contributed by atoms with Crippen molar-refractivity contribution < 1.29 is 15.0 Å². The molecule has 0 aliphatic carbocycles. The normalized spacial score (nSPS) is 20.6. The summed E-state index contributed by atoms with van der Waals surface area (Å²) in [6, 6.07) is 8.21. The second-order valence-electron chi connectivity index (χ2n) is 3.33. The SMILES string of the molecule is O=C1NC(CO)C(O)=C1c1ccccc1. The van der Waals surface area contributed by atoms with Gasteiger partial charge in [0.25, 0.3) is 5.91 Å². The lowest BCUT2D eigenvalue weighted by Gasteiger charge is -2.04. The highest BCUT2D eigenvalue weighted by atomic mass is 16.3. The number of carbonyl (C=O) groups is 1. The van der Waals surface area contributed by atoms with Gasteiger partial charge in [0, 0.05) is 0 Å². The van der Waals surface area contributed by atoms with E-state index < -0.39 is 6.04 Å². The summed E-state index contributed by atoms with van der Waals surface area (Å²) < 4.78 is 0. The van der Waals surface area contributed by atoms with Gasteiger partial charge in [-0.15, -0.1) is 0 Å². The summed E-state index contributed by atoms with van der Waals surface area (Å²) in [5, 5.41) is 21.1. The molecule has 1 aliphatic heterocycles. The predicted octanol–water partition coefficient (Wildman–Crippen LogP) is 0.446. The fourth-order valence-corrected chi connectivity index (χ4v) is 1.61. The summed E-state index contributed by atoms with van der Waals surface area (Å²) in [6.45, 7) is -0.298. The maximum atomic E-state index is 11.5. The molecule has 1 unspecified atom stereocenters. The molecule has 0 fully saturated rings. The predicted molar refractivity (Wildman–Crippen MR) is 55.0 cm³/mol.